The highest BCUT2D eigenvalue weighted by atomic mass is 32.1. The minimum atomic E-state index is -0.881. The molecule has 0 atom stereocenters. The third-order valence-corrected chi connectivity index (χ3v) is 6.78. The number of rotatable bonds is 5. The zero-order chi connectivity index (χ0) is 21.3. The molecule has 0 bridgehead atoms. The Balaban J connectivity index is 1.20. The Morgan fingerprint density at radius 1 is 1.16 bits per heavy atom. The summed E-state index contributed by atoms with van der Waals surface area (Å²) in [6.07, 6.45) is 6.36. The van der Waals surface area contributed by atoms with Gasteiger partial charge in [-0.05, 0) is 18.9 Å². The molecule has 1 saturated heterocycles. The molecule has 4 N–H and O–H groups in total. The molecule has 1 aliphatic heterocycles. The fraction of sp³-hybridized carbons (Fsp3) is 0.273. The van der Waals surface area contributed by atoms with Crippen molar-refractivity contribution in [3.8, 4) is 10.6 Å². The maximum absolute atomic E-state index is 12.9. The Morgan fingerprint density at radius 3 is 2.77 bits per heavy atom. The van der Waals surface area contributed by atoms with Crippen LogP contribution in [0.5, 0.6) is 0 Å². The normalized spacial score (nSPS) is 15.8. The van der Waals surface area contributed by atoms with Crippen molar-refractivity contribution in [2.75, 3.05) is 18.0 Å². The lowest BCUT2D eigenvalue weighted by atomic mass is 9.87. The lowest BCUT2D eigenvalue weighted by Gasteiger charge is -2.38. The molecule has 0 unspecified atom stereocenters. The second kappa shape index (κ2) is 8.09. The molecule has 4 aromatic rings. The minimum absolute atomic E-state index is 0.115. The van der Waals surface area contributed by atoms with Crippen molar-refractivity contribution in [2.45, 2.75) is 24.9 Å². The Hall–Kier alpha value is -3.30. The van der Waals surface area contributed by atoms with Crippen molar-refractivity contribution < 1.29 is 4.79 Å². The summed E-state index contributed by atoms with van der Waals surface area (Å²) in [4.78, 5) is 32.3. The highest BCUT2D eigenvalue weighted by Crippen LogP contribution is 2.29. The van der Waals surface area contributed by atoms with E-state index >= 15 is 0 Å². The molecule has 31 heavy (non-hydrogen) atoms. The Labute approximate surface area is 183 Å². The molecule has 9 heteroatoms. The van der Waals surface area contributed by atoms with Crippen molar-refractivity contribution in [2.24, 2.45) is 5.73 Å². The summed E-state index contributed by atoms with van der Waals surface area (Å²) in [5, 5.41) is 4.94. The van der Waals surface area contributed by atoms with Gasteiger partial charge in [-0.1, -0.05) is 30.3 Å². The van der Waals surface area contributed by atoms with Gasteiger partial charge in [0.05, 0.1) is 17.5 Å². The zero-order valence-corrected chi connectivity index (χ0v) is 17.7. The predicted molar refractivity (Wildman–Crippen MR) is 122 cm³/mol. The molecule has 0 aliphatic carbocycles. The molecule has 0 spiro atoms. The molecule has 5 rings (SSSR count). The summed E-state index contributed by atoms with van der Waals surface area (Å²) >= 11 is 1.58. The van der Waals surface area contributed by atoms with Crippen molar-refractivity contribution in [3.05, 3.63) is 60.0 Å². The average molecular weight is 434 g/mol. The van der Waals surface area contributed by atoms with Crippen LogP contribution in [0, 0.1) is 0 Å². The maximum Gasteiger partial charge on any atom is 0.240 e. The van der Waals surface area contributed by atoms with E-state index in [9.17, 15) is 4.79 Å². The smallest absolute Gasteiger partial charge is 0.240 e. The highest BCUT2D eigenvalue weighted by molar-refractivity contribution is 7.15. The number of nitrogens with two attached hydrogens (primary N) is 1. The first-order valence-corrected chi connectivity index (χ1v) is 11.0. The third-order valence-electron chi connectivity index (χ3n) is 5.74. The first-order chi connectivity index (χ1) is 15.1. The number of fused-ring (bicyclic) bond motifs is 1. The van der Waals surface area contributed by atoms with E-state index in [1.165, 1.54) is 0 Å². The number of aromatic nitrogens is 4. The van der Waals surface area contributed by atoms with Gasteiger partial charge in [0.1, 0.15) is 22.8 Å². The average Bonchev–Trinajstić information content (AvgIpc) is 3.48. The summed E-state index contributed by atoms with van der Waals surface area (Å²) in [5.74, 6) is 0.767. The van der Waals surface area contributed by atoms with E-state index in [0.29, 0.717) is 32.5 Å². The molecule has 8 nitrogen and oxygen atoms in total. The first-order valence-electron chi connectivity index (χ1n) is 10.2. The van der Waals surface area contributed by atoms with Gasteiger partial charge >= 0.3 is 0 Å². The number of aromatic amines is 1. The van der Waals surface area contributed by atoms with Crippen LogP contribution >= 0.6 is 11.3 Å². The first kappa shape index (κ1) is 19.7. The Kier molecular flexibility index (Phi) is 5.13. The molecule has 4 heterocycles. The van der Waals surface area contributed by atoms with Crippen molar-refractivity contribution >= 4 is 34.1 Å². The summed E-state index contributed by atoms with van der Waals surface area (Å²) < 4.78 is 0. The molecule has 0 radical (unpaired) electrons. The molecule has 158 valence electrons. The largest absolute Gasteiger partial charge is 0.356 e. The monoisotopic (exact) mass is 433 g/mol. The van der Waals surface area contributed by atoms with E-state index < -0.39 is 5.54 Å². The van der Waals surface area contributed by atoms with Crippen molar-refractivity contribution in [1.82, 2.24) is 25.3 Å². The number of carbonyl (C=O) groups excluding carboxylic acids is 1. The number of amides is 1. The van der Waals surface area contributed by atoms with E-state index in [1.807, 2.05) is 48.8 Å². The molecule has 1 fully saturated rings. The molecular weight excluding hydrogens is 410 g/mol. The number of hydrogen-bond acceptors (Lipinski definition) is 7. The van der Waals surface area contributed by atoms with Gasteiger partial charge < -0.3 is 20.9 Å². The number of hydrogen-bond donors (Lipinski definition) is 3. The summed E-state index contributed by atoms with van der Waals surface area (Å²) in [7, 11) is 0. The van der Waals surface area contributed by atoms with Crippen LogP contribution in [0.15, 0.2) is 55.1 Å². The molecule has 0 saturated carbocycles. The van der Waals surface area contributed by atoms with Gasteiger partial charge in [0.15, 0.2) is 0 Å². The van der Waals surface area contributed by atoms with Crippen LogP contribution in [0.2, 0.25) is 0 Å². The second-order valence-corrected chi connectivity index (χ2v) is 8.88. The second-order valence-electron chi connectivity index (χ2n) is 7.76. The molecule has 1 aliphatic rings. The summed E-state index contributed by atoms with van der Waals surface area (Å²) in [6.45, 7) is 1.77. The number of anilines is 1. The number of H-pyrrole nitrogens is 1. The van der Waals surface area contributed by atoms with E-state index in [2.05, 4.69) is 30.2 Å². The molecule has 3 aromatic heterocycles. The van der Waals surface area contributed by atoms with Crippen LogP contribution in [-0.4, -0.2) is 44.5 Å². The van der Waals surface area contributed by atoms with Crippen LogP contribution < -0.4 is 16.0 Å². The standard InChI is InChI=1S/C22H23N7OS/c23-22(7-10-29(11-8-22)19-17-6-9-24-18(17)27-14-28-19)21(30)26-13-16-12-25-20(31-16)15-4-2-1-3-5-15/h1-6,9,12,14H,7-8,10-11,13,23H2,(H,26,30)(H,24,27,28). The van der Waals surface area contributed by atoms with E-state index in [1.54, 1.807) is 17.7 Å². The predicted octanol–water partition coefficient (Wildman–Crippen LogP) is 2.70. The van der Waals surface area contributed by atoms with E-state index in [-0.39, 0.29) is 5.91 Å². The molecule has 1 amide bonds. The lowest BCUT2D eigenvalue weighted by molar-refractivity contribution is -0.127. The summed E-state index contributed by atoms with van der Waals surface area (Å²) in [5.41, 5.74) is 7.51. The zero-order valence-electron chi connectivity index (χ0n) is 16.9. The number of benzene rings is 1. The lowest BCUT2D eigenvalue weighted by Crippen LogP contribution is -2.59. The van der Waals surface area contributed by atoms with Gasteiger partial charge in [0, 0.05) is 35.9 Å². The van der Waals surface area contributed by atoms with Crippen LogP contribution in [0.3, 0.4) is 0 Å². The van der Waals surface area contributed by atoms with Gasteiger partial charge in [-0.15, -0.1) is 11.3 Å². The van der Waals surface area contributed by atoms with Gasteiger partial charge in [-0.25, -0.2) is 15.0 Å². The quantitative estimate of drug-likeness (QED) is 0.446. The Bertz CT molecular complexity index is 1190. The van der Waals surface area contributed by atoms with Crippen molar-refractivity contribution in [1.29, 1.82) is 0 Å². The fourth-order valence-electron chi connectivity index (χ4n) is 3.90. The SMILES string of the molecule is NC1(C(=O)NCc2cnc(-c3ccccc3)s2)CCN(c2ncnc3[nH]ccc23)CC1. The number of nitrogens with zero attached hydrogens (tertiary/aromatic N) is 4. The van der Waals surface area contributed by atoms with Crippen LogP contribution in [-0.2, 0) is 11.3 Å². The maximum atomic E-state index is 12.9. The fourth-order valence-corrected chi connectivity index (χ4v) is 4.76. The van der Waals surface area contributed by atoms with Gasteiger partial charge in [0.25, 0.3) is 0 Å². The number of thiazole rings is 1. The highest BCUT2D eigenvalue weighted by Gasteiger charge is 2.38. The van der Waals surface area contributed by atoms with Gasteiger partial charge in [-0.2, -0.15) is 0 Å². The number of carbonyl (C=O) groups is 1. The minimum Gasteiger partial charge on any atom is -0.356 e. The Morgan fingerprint density at radius 2 is 1.97 bits per heavy atom. The number of piperidine rings is 1. The topological polar surface area (TPSA) is 113 Å². The molecular formula is C22H23N7OS. The van der Waals surface area contributed by atoms with Gasteiger partial charge in [0.2, 0.25) is 5.91 Å². The van der Waals surface area contributed by atoms with E-state index in [0.717, 1.165) is 32.3 Å². The third kappa shape index (κ3) is 3.89. The van der Waals surface area contributed by atoms with Crippen molar-refractivity contribution in [3.63, 3.8) is 0 Å². The van der Waals surface area contributed by atoms with E-state index in [4.69, 9.17) is 5.73 Å². The summed E-state index contributed by atoms with van der Waals surface area (Å²) in [6, 6.07) is 12.0. The van der Waals surface area contributed by atoms with Crippen LogP contribution in [0.1, 0.15) is 17.7 Å². The van der Waals surface area contributed by atoms with Crippen LogP contribution in [0.25, 0.3) is 21.6 Å². The van der Waals surface area contributed by atoms with Crippen LogP contribution in [0.4, 0.5) is 5.82 Å². The number of nitrogens with one attached hydrogen (secondary N) is 2. The molecule has 1 aromatic carbocycles. The van der Waals surface area contributed by atoms with Gasteiger partial charge in [-0.3, -0.25) is 4.79 Å².